The number of anilines is 1. The first-order valence-electron chi connectivity index (χ1n) is 8.72. The van der Waals surface area contributed by atoms with Gasteiger partial charge in [-0.2, -0.15) is 0 Å². The first-order valence-corrected chi connectivity index (χ1v) is 8.72. The van der Waals surface area contributed by atoms with Crippen LogP contribution in [0.1, 0.15) is 11.1 Å². The Morgan fingerprint density at radius 1 is 0.769 bits per heavy atom. The lowest BCUT2D eigenvalue weighted by Crippen LogP contribution is -2.11. The fourth-order valence-corrected chi connectivity index (χ4v) is 2.22. The van der Waals surface area contributed by atoms with Crippen molar-refractivity contribution in [3.63, 3.8) is 0 Å². The van der Waals surface area contributed by atoms with E-state index in [0.717, 1.165) is 22.6 Å². The standard InChI is InChI=1S/C21H26FNO3/c1-23-20-8-4-18(5-9-20)2-3-19-6-10-21(11-7-19)26-17-16-25-15-14-24-13-12-22/h2-11,23H,12-17H2,1H3/b3-2+/i22+9. The molecular weight excluding hydrogens is 342 g/mol. The number of rotatable bonds is 12. The third kappa shape index (κ3) is 7.68. The molecule has 26 heavy (non-hydrogen) atoms. The highest BCUT2D eigenvalue weighted by atomic mass is 28.1. The van der Waals surface area contributed by atoms with E-state index >= 15 is 0 Å². The van der Waals surface area contributed by atoms with Gasteiger partial charge < -0.3 is 19.5 Å². The maximum Gasteiger partial charge on any atom is 0.119 e. The fourth-order valence-electron chi connectivity index (χ4n) is 2.22. The molecule has 2 aromatic rings. The van der Waals surface area contributed by atoms with E-state index in [4.69, 9.17) is 14.2 Å². The number of ether oxygens (including phenoxy) is 3. The topological polar surface area (TPSA) is 39.7 Å². The SMILES string of the molecule is CNc1ccc(/C=C/c2ccc(OCCOCCOCC[28F])cc2)cc1. The van der Waals surface area contributed by atoms with Crippen molar-refractivity contribution in [2.45, 2.75) is 0 Å². The molecule has 0 aromatic heterocycles. The van der Waals surface area contributed by atoms with Crippen molar-refractivity contribution >= 4 is 17.8 Å². The molecule has 0 atom stereocenters. The molecule has 2 rings (SSSR count). The fraction of sp³-hybridized carbons (Fsp3) is 0.333. The number of alkyl halides is 1. The van der Waals surface area contributed by atoms with Crippen LogP contribution in [0.25, 0.3) is 12.2 Å². The Hall–Kier alpha value is -2.37. The van der Waals surface area contributed by atoms with Crippen LogP contribution in [0.2, 0.25) is 0 Å². The van der Waals surface area contributed by atoms with Gasteiger partial charge in [0.25, 0.3) is 0 Å². The summed E-state index contributed by atoms with van der Waals surface area (Å²) in [5.41, 5.74) is 3.35. The second kappa shape index (κ2) is 12.1. The molecule has 2 aromatic carbocycles. The predicted octanol–water partition coefficient (Wildman–Crippen LogP) is 4.28. The van der Waals surface area contributed by atoms with E-state index in [1.807, 2.05) is 43.4 Å². The van der Waals surface area contributed by atoms with Crippen molar-refractivity contribution in [3.05, 3.63) is 59.7 Å². The van der Waals surface area contributed by atoms with Crippen molar-refractivity contribution in [1.82, 2.24) is 0 Å². The largest absolute Gasteiger partial charge is 0.491 e. The summed E-state index contributed by atoms with van der Waals surface area (Å²) in [5, 5.41) is 3.10. The zero-order chi connectivity index (χ0) is 18.5. The van der Waals surface area contributed by atoms with Gasteiger partial charge in [-0.3, -0.25) is 0 Å². The molecule has 0 unspecified atom stereocenters. The van der Waals surface area contributed by atoms with E-state index < -0.39 is 6.67 Å². The van der Waals surface area contributed by atoms with Crippen LogP contribution in [-0.4, -0.2) is 46.8 Å². The lowest BCUT2D eigenvalue weighted by atomic mass is 10.1. The highest BCUT2D eigenvalue weighted by molar-refractivity contribution is 5.70. The molecule has 1 N–H and O–H groups in total. The van der Waals surface area contributed by atoms with Crippen LogP contribution in [0.15, 0.2) is 48.5 Å². The van der Waals surface area contributed by atoms with E-state index in [9.17, 15) is 4.39 Å². The molecular formula is C21H26FNO3. The van der Waals surface area contributed by atoms with Crippen molar-refractivity contribution in [2.75, 3.05) is 52.1 Å². The zero-order valence-corrected chi connectivity index (χ0v) is 15.1. The second-order valence-corrected chi connectivity index (χ2v) is 5.54. The molecule has 0 saturated carbocycles. The Kier molecular flexibility index (Phi) is 9.25. The van der Waals surface area contributed by atoms with Crippen LogP contribution < -0.4 is 10.1 Å². The Morgan fingerprint density at radius 3 is 1.88 bits per heavy atom. The van der Waals surface area contributed by atoms with Crippen molar-refractivity contribution < 1.29 is 18.6 Å². The van der Waals surface area contributed by atoms with Gasteiger partial charge in [-0.25, -0.2) is 4.39 Å². The number of nitrogens with one attached hydrogen (secondary N) is 1. The molecule has 0 bridgehead atoms. The van der Waals surface area contributed by atoms with Gasteiger partial charge in [-0.15, -0.1) is 0 Å². The van der Waals surface area contributed by atoms with E-state index in [-0.39, 0.29) is 6.61 Å². The van der Waals surface area contributed by atoms with Gasteiger partial charge in [0.15, 0.2) is 0 Å². The van der Waals surface area contributed by atoms with Gasteiger partial charge in [-0.05, 0) is 35.4 Å². The molecule has 0 aliphatic rings. The Labute approximate surface area is 154 Å². The number of halogens is 1. The smallest absolute Gasteiger partial charge is 0.119 e. The molecule has 0 fully saturated rings. The van der Waals surface area contributed by atoms with Crippen LogP contribution in [-0.2, 0) is 9.47 Å². The molecule has 0 saturated heterocycles. The summed E-state index contributed by atoms with van der Waals surface area (Å²) in [6.07, 6.45) is 4.15. The first-order chi connectivity index (χ1) is 12.8. The second-order valence-electron chi connectivity index (χ2n) is 5.54. The lowest BCUT2D eigenvalue weighted by Gasteiger charge is -2.07. The van der Waals surface area contributed by atoms with Crippen LogP contribution in [0.3, 0.4) is 0 Å². The Morgan fingerprint density at radius 2 is 1.31 bits per heavy atom. The monoisotopic (exact) mass is 368 g/mol. The number of benzene rings is 2. The lowest BCUT2D eigenvalue weighted by molar-refractivity contribution is 0.0325. The van der Waals surface area contributed by atoms with Crippen LogP contribution in [0, 0.1) is 0 Å². The maximum atomic E-state index is 11.8. The van der Waals surface area contributed by atoms with Gasteiger partial charge in [0.2, 0.25) is 0 Å². The minimum atomic E-state index is -0.461. The zero-order valence-electron chi connectivity index (χ0n) is 15.1. The summed E-state index contributed by atoms with van der Waals surface area (Å²) in [6.45, 7) is 1.46. The highest BCUT2D eigenvalue weighted by Crippen LogP contribution is 2.15. The molecule has 0 aliphatic carbocycles. The first kappa shape index (κ1) is 19.9. The van der Waals surface area contributed by atoms with E-state index in [1.54, 1.807) is 0 Å². The predicted molar refractivity (Wildman–Crippen MR) is 104 cm³/mol. The maximum absolute atomic E-state index is 11.8. The normalized spacial score (nSPS) is 11.0. The number of hydrogen-bond donors (Lipinski definition) is 1. The van der Waals surface area contributed by atoms with Gasteiger partial charge in [0.05, 0.1) is 26.4 Å². The minimum Gasteiger partial charge on any atom is -0.491 e. The molecule has 140 valence electrons. The molecule has 0 amide bonds. The highest BCUT2D eigenvalue weighted by Gasteiger charge is 1.95. The summed E-state index contributed by atoms with van der Waals surface area (Å²) >= 11 is 0. The van der Waals surface area contributed by atoms with E-state index in [1.165, 1.54) is 0 Å². The van der Waals surface area contributed by atoms with Crippen molar-refractivity contribution in [1.29, 1.82) is 0 Å². The third-order valence-corrected chi connectivity index (χ3v) is 3.64. The summed E-state index contributed by atoms with van der Waals surface area (Å²) in [5.74, 6) is 0.804. The summed E-state index contributed by atoms with van der Waals surface area (Å²) in [7, 11) is 1.91. The Balaban J connectivity index is 1.68. The third-order valence-electron chi connectivity index (χ3n) is 3.64. The van der Waals surface area contributed by atoms with Gasteiger partial charge in [0.1, 0.15) is 19.0 Å². The van der Waals surface area contributed by atoms with Crippen LogP contribution >= 0.6 is 0 Å². The Bertz CT molecular complexity index is 641. The molecule has 5 heteroatoms. The van der Waals surface area contributed by atoms with Crippen LogP contribution in [0.4, 0.5) is 10.1 Å². The quantitative estimate of drug-likeness (QED) is 0.448. The summed E-state index contributed by atoms with van der Waals surface area (Å²) in [6, 6.07) is 16.1. The minimum absolute atomic E-state index is 0.127. The number of hydrogen-bond acceptors (Lipinski definition) is 4. The molecule has 0 radical (unpaired) electrons. The molecule has 0 heterocycles. The van der Waals surface area contributed by atoms with Crippen molar-refractivity contribution in [2.24, 2.45) is 0 Å². The van der Waals surface area contributed by atoms with Crippen molar-refractivity contribution in [3.8, 4) is 5.75 Å². The average molecular weight is 368 g/mol. The summed E-state index contributed by atoms with van der Waals surface area (Å²) in [4.78, 5) is 0. The van der Waals surface area contributed by atoms with Gasteiger partial charge >= 0.3 is 0 Å². The van der Waals surface area contributed by atoms with E-state index in [2.05, 4.69) is 29.6 Å². The van der Waals surface area contributed by atoms with Gasteiger partial charge in [-0.1, -0.05) is 36.4 Å². The van der Waals surface area contributed by atoms with Gasteiger partial charge in [0, 0.05) is 12.7 Å². The molecule has 0 aliphatic heterocycles. The van der Waals surface area contributed by atoms with E-state index in [0.29, 0.717) is 26.4 Å². The average Bonchev–Trinajstić information content (AvgIpc) is 2.69. The molecule has 4 nitrogen and oxygen atoms in total. The van der Waals surface area contributed by atoms with Crippen LogP contribution in [0.5, 0.6) is 5.75 Å². The molecule has 0 spiro atoms. The summed E-state index contributed by atoms with van der Waals surface area (Å²) < 4.78 is 27.7.